The quantitative estimate of drug-likeness (QED) is 0.871. The zero-order valence-corrected chi connectivity index (χ0v) is 10.8. The van der Waals surface area contributed by atoms with Crippen LogP contribution in [-0.2, 0) is 0 Å². The van der Waals surface area contributed by atoms with Crippen molar-refractivity contribution < 1.29 is 9.90 Å². The summed E-state index contributed by atoms with van der Waals surface area (Å²) in [5, 5.41) is 12.5. The Morgan fingerprint density at radius 3 is 2.83 bits per heavy atom. The number of fused-ring (bicyclic) bond motifs is 1. The van der Waals surface area contributed by atoms with Gasteiger partial charge in [-0.15, -0.1) is 0 Å². The molecule has 0 aliphatic heterocycles. The molecule has 0 aliphatic rings. The van der Waals surface area contributed by atoms with Gasteiger partial charge in [0.05, 0.1) is 0 Å². The Morgan fingerprint density at radius 1 is 1.50 bits per heavy atom. The van der Waals surface area contributed by atoms with Gasteiger partial charge in [-0.05, 0) is 32.4 Å². The Hall–Kier alpha value is -2.04. The van der Waals surface area contributed by atoms with Crippen molar-refractivity contribution >= 4 is 17.4 Å². The van der Waals surface area contributed by atoms with Gasteiger partial charge in [-0.2, -0.15) is 0 Å². The maximum atomic E-state index is 11.4. The van der Waals surface area contributed by atoms with E-state index in [-0.39, 0.29) is 11.2 Å². The minimum atomic E-state index is -0.983. The Balaban J connectivity index is 2.56. The van der Waals surface area contributed by atoms with E-state index in [1.807, 2.05) is 26.8 Å². The first-order valence-electron chi connectivity index (χ1n) is 5.93. The zero-order chi connectivity index (χ0) is 13.3. The molecule has 5 heteroatoms. The summed E-state index contributed by atoms with van der Waals surface area (Å²) in [7, 11) is 0. The van der Waals surface area contributed by atoms with E-state index in [1.165, 1.54) is 0 Å². The SMILES string of the molecule is CCC(C)(C)Nc1nc2ccccn2c1C(=O)O. The third-order valence-corrected chi connectivity index (χ3v) is 3.07. The van der Waals surface area contributed by atoms with Crippen LogP contribution in [0.4, 0.5) is 5.82 Å². The van der Waals surface area contributed by atoms with Crippen molar-refractivity contribution in [1.82, 2.24) is 9.38 Å². The molecule has 0 saturated carbocycles. The molecule has 2 aromatic rings. The van der Waals surface area contributed by atoms with Crippen molar-refractivity contribution in [3.63, 3.8) is 0 Å². The maximum Gasteiger partial charge on any atom is 0.356 e. The third-order valence-electron chi connectivity index (χ3n) is 3.07. The molecule has 0 aliphatic carbocycles. The molecule has 18 heavy (non-hydrogen) atoms. The zero-order valence-electron chi connectivity index (χ0n) is 10.8. The van der Waals surface area contributed by atoms with Gasteiger partial charge in [-0.25, -0.2) is 9.78 Å². The van der Waals surface area contributed by atoms with E-state index in [0.29, 0.717) is 11.5 Å². The summed E-state index contributed by atoms with van der Waals surface area (Å²) in [5.41, 5.74) is 0.610. The fourth-order valence-corrected chi connectivity index (χ4v) is 1.70. The number of hydrogen-bond donors (Lipinski definition) is 2. The Morgan fingerprint density at radius 2 is 2.22 bits per heavy atom. The first-order chi connectivity index (χ1) is 8.44. The lowest BCUT2D eigenvalue weighted by molar-refractivity contribution is 0.0690. The molecular weight excluding hydrogens is 230 g/mol. The fraction of sp³-hybridized carbons (Fsp3) is 0.385. The Bertz CT molecular complexity index is 587. The van der Waals surface area contributed by atoms with E-state index in [1.54, 1.807) is 22.7 Å². The summed E-state index contributed by atoms with van der Waals surface area (Å²) < 4.78 is 1.58. The Kier molecular flexibility index (Phi) is 2.98. The summed E-state index contributed by atoms with van der Waals surface area (Å²) >= 11 is 0. The van der Waals surface area contributed by atoms with Crippen molar-refractivity contribution in [3.8, 4) is 0 Å². The number of rotatable bonds is 4. The average Bonchev–Trinajstić information content (AvgIpc) is 2.65. The minimum absolute atomic E-state index is 0.173. The van der Waals surface area contributed by atoms with Gasteiger partial charge in [0.25, 0.3) is 0 Å². The van der Waals surface area contributed by atoms with Gasteiger partial charge in [0, 0.05) is 11.7 Å². The van der Waals surface area contributed by atoms with Gasteiger partial charge in [-0.1, -0.05) is 13.0 Å². The van der Waals surface area contributed by atoms with Crippen LogP contribution >= 0.6 is 0 Å². The van der Waals surface area contributed by atoms with Gasteiger partial charge in [0.15, 0.2) is 11.5 Å². The van der Waals surface area contributed by atoms with E-state index in [4.69, 9.17) is 0 Å². The van der Waals surface area contributed by atoms with Crippen LogP contribution in [-0.4, -0.2) is 26.0 Å². The fourth-order valence-electron chi connectivity index (χ4n) is 1.70. The van der Waals surface area contributed by atoms with Gasteiger partial charge in [0.1, 0.15) is 5.65 Å². The lowest BCUT2D eigenvalue weighted by Crippen LogP contribution is -2.30. The molecule has 5 nitrogen and oxygen atoms in total. The maximum absolute atomic E-state index is 11.4. The Labute approximate surface area is 105 Å². The molecule has 96 valence electrons. The first-order valence-corrected chi connectivity index (χ1v) is 5.93. The van der Waals surface area contributed by atoms with Crippen LogP contribution in [0.1, 0.15) is 37.7 Å². The summed E-state index contributed by atoms with van der Waals surface area (Å²) in [6.45, 7) is 6.08. The molecule has 0 aromatic carbocycles. The predicted molar refractivity (Wildman–Crippen MR) is 70.1 cm³/mol. The van der Waals surface area contributed by atoms with Crippen LogP contribution in [0.3, 0.4) is 0 Å². The smallest absolute Gasteiger partial charge is 0.356 e. The second-order valence-electron chi connectivity index (χ2n) is 4.91. The highest BCUT2D eigenvalue weighted by atomic mass is 16.4. The number of aromatic carboxylic acids is 1. The van der Waals surface area contributed by atoms with E-state index in [0.717, 1.165) is 6.42 Å². The summed E-state index contributed by atoms with van der Waals surface area (Å²) in [4.78, 5) is 15.7. The molecule has 0 spiro atoms. The highest BCUT2D eigenvalue weighted by molar-refractivity contribution is 5.93. The molecule has 2 rings (SSSR count). The van der Waals surface area contributed by atoms with Crippen LogP contribution in [0.25, 0.3) is 5.65 Å². The number of nitrogens with zero attached hydrogens (tertiary/aromatic N) is 2. The van der Waals surface area contributed by atoms with Crippen LogP contribution in [0.15, 0.2) is 24.4 Å². The molecule has 0 bridgehead atoms. The number of pyridine rings is 1. The molecule has 0 amide bonds. The van der Waals surface area contributed by atoms with Crippen molar-refractivity contribution in [3.05, 3.63) is 30.1 Å². The van der Waals surface area contributed by atoms with Crippen molar-refractivity contribution in [1.29, 1.82) is 0 Å². The average molecular weight is 247 g/mol. The number of aromatic nitrogens is 2. The second-order valence-corrected chi connectivity index (χ2v) is 4.91. The lowest BCUT2D eigenvalue weighted by atomic mass is 10.0. The molecule has 2 aromatic heterocycles. The van der Waals surface area contributed by atoms with Crippen LogP contribution in [0, 0.1) is 0 Å². The highest BCUT2D eigenvalue weighted by Crippen LogP contribution is 2.22. The normalized spacial score (nSPS) is 11.7. The number of imidazole rings is 1. The topological polar surface area (TPSA) is 66.6 Å². The summed E-state index contributed by atoms with van der Waals surface area (Å²) in [6, 6.07) is 5.41. The number of anilines is 1. The van der Waals surface area contributed by atoms with Crippen molar-refractivity contribution in [2.75, 3.05) is 5.32 Å². The van der Waals surface area contributed by atoms with E-state index in [2.05, 4.69) is 10.3 Å². The van der Waals surface area contributed by atoms with E-state index in [9.17, 15) is 9.90 Å². The standard InChI is InChI=1S/C13H17N3O2/c1-4-13(2,3)15-11-10(12(17)18)16-8-6-5-7-9(16)14-11/h5-8,15H,4H2,1-3H3,(H,17,18). The summed E-state index contributed by atoms with van der Waals surface area (Å²) in [5.74, 6) is -0.566. The highest BCUT2D eigenvalue weighted by Gasteiger charge is 2.23. The van der Waals surface area contributed by atoms with Crippen LogP contribution < -0.4 is 5.32 Å². The minimum Gasteiger partial charge on any atom is -0.476 e. The molecule has 0 atom stereocenters. The predicted octanol–water partition coefficient (Wildman–Crippen LogP) is 2.63. The number of nitrogens with one attached hydrogen (secondary N) is 1. The molecular formula is C13H17N3O2. The number of carboxylic acid groups (broad SMARTS) is 1. The van der Waals surface area contributed by atoms with E-state index < -0.39 is 5.97 Å². The van der Waals surface area contributed by atoms with Gasteiger partial charge >= 0.3 is 5.97 Å². The largest absolute Gasteiger partial charge is 0.476 e. The number of carboxylic acids is 1. The molecule has 2 N–H and O–H groups in total. The van der Waals surface area contributed by atoms with Crippen molar-refractivity contribution in [2.24, 2.45) is 0 Å². The molecule has 0 unspecified atom stereocenters. The monoisotopic (exact) mass is 247 g/mol. The van der Waals surface area contributed by atoms with Gasteiger partial charge < -0.3 is 10.4 Å². The molecule has 0 fully saturated rings. The van der Waals surface area contributed by atoms with E-state index >= 15 is 0 Å². The summed E-state index contributed by atoms with van der Waals surface area (Å²) in [6.07, 6.45) is 2.58. The lowest BCUT2D eigenvalue weighted by Gasteiger charge is -2.24. The third kappa shape index (κ3) is 2.16. The van der Waals surface area contributed by atoms with Gasteiger partial charge in [-0.3, -0.25) is 4.40 Å². The van der Waals surface area contributed by atoms with Crippen LogP contribution in [0.2, 0.25) is 0 Å². The van der Waals surface area contributed by atoms with Crippen molar-refractivity contribution in [2.45, 2.75) is 32.7 Å². The molecule has 2 heterocycles. The first kappa shape index (κ1) is 12.4. The van der Waals surface area contributed by atoms with Gasteiger partial charge in [0.2, 0.25) is 0 Å². The second kappa shape index (κ2) is 4.33. The number of carbonyl (C=O) groups is 1. The molecule has 0 saturated heterocycles. The van der Waals surface area contributed by atoms with Crippen LogP contribution in [0.5, 0.6) is 0 Å². The molecule has 0 radical (unpaired) electrons. The number of hydrogen-bond acceptors (Lipinski definition) is 3.